The van der Waals surface area contributed by atoms with E-state index in [0.717, 1.165) is 35.3 Å². The van der Waals surface area contributed by atoms with Gasteiger partial charge < -0.3 is 118 Å². The fraction of sp³-hybridized carbons (Fsp3) is 0.512. The summed E-state index contributed by atoms with van der Waals surface area (Å²) >= 11 is 4.49. The lowest BCUT2D eigenvalue weighted by Crippen LogP contribution is -2.61. The van der Waals surface area contributed by atoms with Crippen LogP contribution in [-0.2, 0) is 116 Å². The van der Waals surface area contributed by atoms with Gasteiger partial charge in [0.25, 0.3) is 0 Å². The zero-order chi connectivity index (χ0) is 92.8. The van der Waals surface area contributed by atoms with Crippen LogP contribution >= 0.6 is 47.0 Å². The molecule has 0 aliphatic carbocycles. The van der Waals surface area contributed by atoms with Gasteiger partial charge >= 0.3 is 5.97 Å². The molecule has 7 rings (SSSR count). The third-order valence-corrected chi connectivity index (χ3v) is 24.1. The second kappa shape index (κ2) is 49.4. The van der Waals surface area contributed by atoms with Gasteiger partial charge in [0.05, 0.1) is 31.5 Å². The summed E-state index contributed by atoms with van der Waals surface area (Å²) in [6.45, 7) is 9.82. The van der Waals surface area contributed by atoms with E-state index in [0.29, 0.717) is 49.6 Å². The number of thioether (sulfide) groups is 4. The monoisotopic (exact) mass is 1830 g/mol. The van der Waals surface area contributed by atoms with E-state index in [2.05, 4.69) is 84.4 Å². The van der Waals surface area contributed by atoms with Crippen LogP contribution in [0.4, 0.5) is 0 Å². The molecule has 686 valence electrons. The number of carbonyl (C=O) groups excluding carboxylic acids is 17. The first-order valence-corrected chi connectivity index (χ1v) is 45.7. The van der Waals surface area contributed by atoms with Crippen molar-refractivity contribution in [1.82, 2.24) is 84.4 Å². The third-order valence-electron chi connectivity index (χ3n) is 20.1. The zero-order valence-electron chi connectivity index (χ0n) is 71.0. The average Bonchev–Trinajstić information content (AvgIpc) is 1.66. The average molecular weight is 1830 g/mol. The summed E-state index contributed by atoms with van der Waals surface area (Å²) < 4.78 is 0. The molecule has 0 saturated heterocycles. The maximum Gasteiger partial charge on any atom is 0.305 e. The second-order valence-corrected chi connectivity index (χ2v) is 35.8. The number of rotatable bonds is 24. The van der Waals surface area contributed by atoms with Gasteiger partial charge in [-0.15, -0.1) is 0 Å². The van der Waals surface area contributed by atoms with Crippen molar-refractivity contribution in [3.63, 3.8) is 0 Å². The second-order valence-electron chi connectivity index (χ2n) is 31.7. The largest absolute Gasteiger partial charge is 0.481 e. The summed E-state index contributed by atoms with van der Waals surface area (Å²) in [5.41, 5.74) is 26.7. The smallest absolute Gasteiger partial charge is 0.305 e. The standard InChI is InChI=1S/C82H114N20O20S4/c1-39(2)21-55-71(111)89-32-66(106)91-57(26-47-30-87-51-15-11-9-13-49(47)51)78(118)102-68(43(7)103)82(122)101-61(79(119)90-42(6)69(86)109)36-124-33-44-23-45-25-46(24-44)35-126-38-63(81(121)92-53(72(112)94-55)17-18-64(84)104)100-74(114)56(22-40(3)4)95-75(115)58(27-48-31-88-52-16-12-10-14-50(48)52)96-77(117)60(29-67(107)108)98-76(116)59(28-65(85)105)97-73(113)54(19-20-123-8)93-80(120)62(37-125-34-45)99-70(110)41(5)83/h9-16,23-25,30-31,39-43,53-63,68,87-88,103H,17-22,26-29,32-38,83H2,1-8H3,(H2,84,104)(H2,85,105)(H2,86,109)(H,89,111)(H,90,119)(H,91,106)(H,92,121)(H,93,120)(H,94,112)(H,95,115)(H,96,117)(H,97,113)(H,98,116)(H,99,110)(H,100,114)(H,101,122)(H,102,118)(H,107,108)/t41-,42-,43+,53-,54-,55-,56-,57-,58-,59-,60-,61-,62-,63-,68-/m0/s1. The van der Waals surface area contributed by atoms with Crippen LogP contribution in [0.2, 0.25) is 0 Å². The van der Waals surface area contributed by atoms with Crippen molar-refractivity contribution in [2.75, 3.05) is 35.8 Å². The maximum absolute atomic E-state index is 15.4. The predicted octanol–water partition coefficient (Wildman–Crippen LogP) is -3.03. The molecular weight excluding hydrogens is 1710 g/mol. The number of carboxylic acids is 1. The molecule has 44 heteroatoms. The number of nitrogens with two attached hydrogens (primary N) is 4. The van der Waals surface area contributed by atoms with Crippen LogP contribution < -0.4 is 97.4 Å². The minimum Gasteiger partial charge on any atom is -0.481 e. The molecule has 2 aromatic heterocycles. The van der Waals surface area contributed by atoms with Gasteiger partial charge in [-0.1, -0.05) is 82.3 Å². The van der Waals surface area contributed by atoms with E-state index in [1.807, 2.05) is 0 Å². The topological polar surface area (TPSA) is 652 Å². The fourth-order valence-corrected chi connectivity index (χ4v) is 17.0. The van der Waals surface area contributed by atoms with E-state index in [-0.39, 0.29) is 78.3 Å². The Labute approximate surface area is 743 Å². The Morgan fingerprint density at radius 1 is 0.500 bits per heavy atom. The molecule has 15 atom stereocenters. The van der Waals surface area contributed by atoms with Crippen molar-refractivity contribution in [1.29, 1.82) is 0 Å². The molecule has 0 spiro atoms. The Morgan fingerprint density at radius 2 is 0.952 bits per heavy atom. The number of amides is 17. The molecule has 2 aliphatic heterocycles. The molecule has 5 aromatic rings. The lowest BCUT2D eigenvalue weighted by atomic mass is 10.00. The normalized spacial score (nSPS) is 23.7. The Hall–Kier alpha value is -11.5. The lowest BCUT2D eigenvalue weighted by molar-refractivity contribution is -0.142. The number of fused-ring (bicyclic) bond motifs is 7. The number of carbonyl (C=O) groups is 18. The maximum atomic E-state index is 15.4. The van der Waals surface area contributed by atoms with Crippen LogP contribution in [0.5, 0.6) is 0 Å². The number of primary amides is 3. The van der Waals surface area contributed by atoms with Crippen molar-refractivity contribution >= 4 is 175 Å². The minimum absolute atomic E-state index is 0.0103. The van der Waals surface area contributed by atoms with Gasteiger partial charge in [-0.3, -0.25) is 86.3 Å². The van der Waals surface area contributed by atoms with Gasteiger partial charge in [-0.05, 0) is 110 Å². The van der Waals surface area contributed by atoms with Crippen LogP contribution in [-0.4, -0.2) is 253 Å². The molecule has 26 N–H and O–H groups in total. The van der Waals surface area contributed by atoms with Crippen molar-refractivity contribution in [3.05, 3.63) is 107 Å². The van der Waals surface area contributed by atoms with E-state index < -0.39 is 235 Å². The van der Waals surface area contributed by atoms with Crippen LogP contribution in [0.15, 0.2) is 79.1 Å². The van der Waals surface area contributed by atoms with Crippen molar-refractivity contribution in [2.24, 2.45) is 34.8 Å². The highest BCUT2D eigenvalue weighted by Gasteiger charge is 2.40. The van der Waals surface area contributed by atoms with E-state index in [9.17, 15) is 82.1 Å². The molecule has 0 saturated carbocycles. The van der Waals surface area contributed by atoms with Gasteiger partial charge in [0.1, 0.15) is 78.5 Å². The number of H-pyrrole nitrogens is 2. The molecule has 4 heterocycles. The molecule has 40 nitrogen and oxygen atoms in total. The SMILES string of the molecule is CSCC[C@@H]1NC(=O)[C@@H](NC(=O)[C@H](C)N)CSCc2cc3cc(c2)CSC[C@@H](C(=O)N[C@@H](C)C(N)=O)NC(=O)[C@H]([C@@H](C)O)NC(=O)[C@H](Cc2c[nH]c4ccccc24)NC(=O)CNC(=O)[C@H](CC(C)C)NC(=O)[C@H](CCC(N)=O)NC(=O)[C@H](CSC3)NC(=O)[C@H](CC(C)C)NC(=O)[C@H](Cc2c[nH]c3ccccc23)NC(=O)[C@H](CC(=O)O)NC(=O)[C@H](CC(N)=O)NC1=O. The van der Waals surface area contributed by atoms with Gasteiger partial charge in [0.15, 0.2) is 0 Å². The highest BCUT2D eigenvalue weighted by molar-refractivity contribution is 7.99. The van der Waals surface area contributed by atoms with E-state index in [1.54, 1.807) is 107 Å². The van der Waals surface area contributed by atoms with Crippen molar-refractivity contribution < 1.29 is 96.5 Å². The number of para-hydroxylation sites is 2. The van der Waals surface area contributed by atoms with E-state index >= 15 is 14.4 Å². The van der Waals surface area contributed by atoms with Crippen molar-refractivity contribution in [3.8, 4) is 0 Å². The van der Waals surface area contributed by atoms with Crippen LogP contribution in [0.3, 0.4) is 0 Å². The van der Waals surface area contributed by atoms with Crippen LogP contribution in [0.25, 0.3) is 21.8 Å². The highest BCUT2D eigenvalue weighted by Crippen LogP contribution is 2.27. The number of aliphatic hydroxyl groups excluding tert-OH is 1. The molecule has 4 bridgehead atoms. The van der Waals surface area contributed by atoms with Crippen LogP contribution in [0, 0.1) is 11.8 Å². The Kier molecular flexibility index (Phi) is 39.9. The number of aliphatic carboxylic acids is 1. The lowest BCUT2D eigenvalue weighted by Gasteiger charge is -2.29. The quantitative estimate of drug-likeness (QED) is 0.0292. The molecule has 2 aliphatic rings. The molecule has 17 amide bonds. The summed E-state index contributed by atoms with van der Waals surface area (Å²) in [6, 6.07) is -3.72. The number of aliphatic hydroxyl groups is 1. The summed E-state index contributed by atoms with van der Waals surface area (Å²) in [7, 11) is 0. The third kappa shape index (κ3) is 32.2. The zero-order valence-corrected chi connectivity index (χ0v) is 74.3. The highest BCUT2D eigenvalue weighted by atomic mass is 32.2. The van der Waals surface area contributed by atoms with E-state index in [4.69, 9.17) is 22.9 Å². The van der Waals surface area contributed by atoms with Crippen molar-refractivity contribution in [2.45, 2.75) is 214 Å². The first kappa shape index (κ1) is 102. The number of carboxylic acid groups (broad SMARTS) is 1. The van der Waals surface area contributed by atoms with Gasteiger partial charge in [0.2, 0.25) is 100 Å². The molecule has 126 heavy (non-hydrogen) atoms. The number of aromatic amines is 2. The Balaban J connectivity index is 1.41. The van der Waals surface area contributed by atoms with E-state index in [1.165, 1.54) is 38.7 Å². The summed E-state index contributed by atoms with van der Waals surface area (Å²) in [6.07, 6.45) is -1.11. The first-order chi connectivity index (χ1) is 59.7. The number of nitrogens with one attached hydrogen (secondary N) is 16. The molecule has 0 radical (unpaired) electrons. The summed E-state index contributed by atoms with van der Waals surface area (Å²) in [5, 5.41) is 58.6. The number of hydrogen-bond donors (Lipinski definition) is 22. The summed E-state index contributed by atoms with van der Waals surface area (Å²) in [4.78, 5) is 263. The number of hydrogen-bond acceptors (Lipinski definition) is 24. The van der Waals surface area contributed by atoms with Gasteiger partial charge in [-0.25, -0.2) is 0 Å². The Morgan fingerprint density at radius 3 is 1.46 bits per heavy atom. The summed E-state index contributed by atoms with van der Waals surface area (Å²) in [5.74, 6) is -20.8. The fourth-order valence-electron chi connectivity index (χ4n) is 13.6. The first-order valence-electron chi connectivity index (χ1n) is 40.8. The van der Waals surface area contributed by atoms with Crippen LogP contribution in [0.1, 0.15) is 121 Å². The number of aromatic nitrogens is 2. The molecule has 3 aromatic carbocycles. The van der Waals surface area contributed by atoms with Gasteiger partial charge in [0, 0.05) is 88.0 Å². The number of benzene rings is 3. The Bertz CT molecular complexity index is 4780. The molecule has 0 unspecified atom stereocenters. The molecule has 0 fully saturated rings. The van der Waals surface area contributed by atoms with Gasteiger partial charge in [-0.2, -0.15) is 47.0 Å². The minimum atomic E-state index is -2.09. The molecular formula is C82H114N20O20S4. The predicted molar refractivity (Wildman–Crippen MR) is 474 cm³/mol.